The van der Waals surface area contributed by atoms with Crippen molar-refractivity contribution in [3.8, 4) is 0 Å². The van der Waals surface area contributed by atoms with Crippen LogP contribution in [0.1, 0.15) is 33.1 Å². The molecule has 0 N–H and O–H groups in total. The highest BCUT2D eigenvalue weighted by molar-refractivity contribution is 5.22. The third kappa shape index (κ3) is 5.42. The van der Waals surface area contributed by atoms with Crippen molar-refractivity contribution in [1.29, 1.82) is 0 Å². The van der Waals surface area contributed by atoms with E-state index in [0.29, 0.717) is 0 Å². The van der Waals surface area contributed by atoms with Gasteiger partial charge >= 0.3 is 0 Å². The number of hydrogen-bond acceptors (Lipinski definition) is 4. The van der Waals surface area contributed by atoms with E-state index in [1.54, 1.807) is 13.1 Å². The maximum absolute atomic E-state index is 11.1. The number of likely N-dealkylation sites (N-methyl/N-ethyl adjacent to an activating group) is 1. The van der Waals surface area contributed by atoms with Gasteiger partial charge in [-0.2, -0.15) is 0 Å². The van der Waals surface area contributed by atoms with E-state index in [4.69, 9.17) is 0 Å². The molecule has 0 aromatic carbocycles. The van der Waals surface area contributed by atoms with Gasteiger partial charge in [0.1, 0.15) is 0 Å². The Morgan fingerprint density at radius 3 is 2.58 bits per heavy atom. The highest BCUT2D eigenvalue weighted by Crippen LogP contribution is 2.12. The van der Waals surface area contributed by atoms with Crippen molar-refractivity contribution in [3.63, 3.8) is 0 Å². The fraction of sp³-hybridized carbons (Fsp3) is 0.714. The summed E-state index contributed by atoms with van der Waals surface area (Å²) in [6, 6.07) is 0. The summed E-state index contributed by atoms with van der Waals surface area (Å²) >= 11 is 0. The second-order valence-electron chi connectivity index (χ2n) is 5.10. The number of likely N-dealkylation sites (tertiary alicyclic amines) is 1. The Morgan fingerprint density at radius 1 is 1.42 bits per heavy atom. The zero-order chi connectivity index (χ0) is 14.3. The molecule has 0 amide bonds. The van der Waals surface area contributed by atoms with Crippen molar-refractivity contribution >= 4 is 0 Å². The van der Waals surface area contributed by atoms with Crippen LogP contribution in [0.15, 0.2) is 23.5 Å². The molecule has 0 radical (unpaired) electrons. The second-order valence-corrected chi connectivity index (χ2v) is 5.10. The molecule has 19 heavy (non-hydrogen) atoms. The number of hydrogen-bond donors (Lipinski definition) is 0. The maximum atomic E-state index is 11.1. The first kappa shape index (κ1) is 15.7. The maximum Gasteiger partial charge on any atom is 0.287 e. The first-order valence-corrected chi connectivity index (χ1v) is 7.00. The van der Waals surface area contributed by atoms with E-state index in [1.807, 2.05) is 24.9 Å². The molecule has 0 aromatic heterocycles. The van der Waals surface area contributed by atoms with Crippen LogP contribution in [0.3, 0.4) is 0 Å². The van der Waals surface area contributed by atoms with Crippen LogP contribution in [-0.2, 0) is 0 Å². The summed E-state index contributed by atoms with van der Waals surface area (Å²) in [6.07, 6.45) is 6.91. The van der Waals surface area contributed by atoms with E-state index in [9.17, 15) is 10.1 Å². The minimum Gasteiger partial charge on any atom is -0.374 e. The first-order valence-electron chi connectivity index (χ1n) is 7.00. The lowest BCUT2D eigenvalue weighted by Crippen LogP contribution is -2.29. The van der Waals surface area contributed by atoms with Crippen LogP contribution in [0.2, 0.25) is 0 Å². The predicted octanol–water partition coefficient (Wildman–Crippen LogP) is 2.49. The highest BCUT2D eigenvalue weighted by atomic mass is 16.6. The van der Waals surface area contributed by atoms with Gasteiger partial charge in [-0.3, -0.25) is 10.1 Å². The van der Waals surface area contributed by atoms with Gasteiger partial charge in [0.15, 0.2) is 0 Å². The molecular formula is C14H25N3O2. The zero-order valence-corrected chi connectivity index (χ0v) is 12.3. The Balaban J connectivity index is 2.56. The molecule has 1 rings (SSSR count). The van der Waals surface area contributed by atoms with E-state index in [0.717, 1.165) is 38.2 Å². The van der Waals surface area contributed by atoms with Crippen LogP contribution in [0, 0.1) is 10.1 Å². The summed E-state index contributed by atoms with van der Waals surface area (Å²) in [7, 11) is 1.90. The van der Waals surface area contributed by atoms with E-state index >= 15 is 0 Å². The zero-order valence-electron chi connectivity index (χ0n) is 12.3. The number of allylic oxidation sites excluding steroid dienone is 2. The molecule has 0 atom stereocenters. The molecule has 0 aliphatic carbocycles. The van der Waals surface area contributed by atoms with Crippen LogP contribution in [0.25, 0.3) is 0 Å². The van der Waals surface area contributed by atoms with Gasteiger partial charge in [-0.05, 0) is 39.3 Å². The average Bonchev–Trinajstić information content (AvgIpc) is 2.86. The minimum absolute atomic E-state index is 0.200. The van der Waals surface area contributed by atoms with Crippen LogP contribution in [-0.4, -0.2) is 47.9 Å². The van der Waals surface area contributed by atoms with E-state index in [1.165, 1.54) is 12.8 Å². The molecule has 0 saturated carbocycles. The third-order valence-electron chi connectivity index (χ3n) is 3.42. The Hall–Kier alpha value is -1.36. The molecule has 1 aliphatic heterocycles. The molecule has 5 nitrogen and oxygen atoms in total. The largest absolute Gasteiger partial charge is 0.374 e. The molecule has 5 heteroatoms. The summed E-state index contributed by atoms with van der Waals surface area (Å²) in [5.41, 5.74) is 0.936. The van der Waals surface area contributed by atoms with Gasteiger partial charge in [-0.15, -0.1) is 0 Å². The molecule has 0 spiro atoms. The van der Waals surface area contributed by atoms with Crippen LogP contribution in [0.5, 0.6) is 0 Å². The SMILES string of the molecule is CC/C=C(C)/C(=C\N(C)CCN1CCCC1)[N+](=O)[O-]. The first-order chi connectivity index (χ1) is 9.04. The molecule has 1 heterocycles. The second kappa shape index (κ2) is 7.94. The molecule has 1 saturated heterocycles. The Morgan fingerprint density at radius 2 is 2.05 bits per heavy atom. The van der Waals surface area contributed by atoms with Crippen LogP contribution in [0.4, 0.5) is 0 Å². The molecule has 1 fully saturated rings. The summed E-state index contributed by atoms with van der Waals surface area (Å²) in [6.45, 7) is 7.92. The molecule has 0 aromatic rings. The monoisotopic (exact) mass is 267 g/mol. The van der Waals surface area contributed by atoms with Gasteiger partial charge in [-0.1, -0.05) is 13.0 Å². The fourth-order valence-electron chi connectivity index (χ4n) is 2.28. The van der Waals surface area contributed by atoms with Crippen molar-refractivity contribution in [2.24, 2.45) is 0 Å². The summed E-state index contributed by atoms with van der Waals surface area (Å²) in [4.78, 5) is 15.1. The van der Waals surface area contributed by atoms with Gasteiger partial charge in [0.25, 0.3) is 5.70 Å². The predicted molar refractivity (Wildman–Crippen MR) is 77.4 cm³/mol. The molecule has 0 unspecified atom stereocenters. The van der Waals surface area contributed by atoms with Crippen molar-refractivity contribution in [2.45, 2.75) is 33.1 Å². The average molecular weight is 267 g/mol. The minimum atomic E-state index is -0.298. The lowest BCUT2D eigenvalue weighted by molar-refractivity contribution is -0.421. The van der Waals surface area contributed by atoms with Crippen molar-refractivity contribution in [1.82, 2.24) is 9.80 Å². The number of nitro groups is 1. The smallest absolute Gasteiger partial charge is 0.287 e. The normalized spacial score (nSPS) is 17.8. The quantitative estimate of drug-likeness (QED) is 0.404. The molecule has 108 valence electrons. The summed E-state index contributed by atoms with van der Waals surface area (Å²) in [5.74, 6) is 0. The molecule has 0 bridgehead atoms. The number of nitrogens with zero attached hydrogens (tertiary/aromatic N) is 3. The van der Waals surface area contributed by atoms with Crippen LogP contribution < -0.4 is 0 Å². The lowest BCUT2D eigenvalue weighted by atomic mass is 10.2. The van der Waals surface area contributed by atoms with E-state index < -0.39 is 0 Å². The topological polar surface area (TPSA) is 49.6 Å². The Bertz CT molecular complexity index is 358. The Kier molecular flexibility index (Phi) is 6.56. The van der Waals surface area contributed by atoms with Gasteiger partial charge in [0.05, 0.1) is 11.1 Å². The van der Waals surface area contributed by atoms with Gasteiger partial charge in [-0.25, -0.2) is 0 Å². The number of rotatable bonds is 7. The molecular weight excluding hydrogens is 242 g/mol. The summed E-state index contributed by atoms with van der Waals surface area (Å²) in [5, 5.41) is 11.1. The standard InChI is InChI=1S/C14H25N3O2/c1-4-7-13(2)14(17(18)19)12-15(3)10-11-16-8-5-6-9-16/h7,12H,4-6,8-11H2,1-3H3/b13-7+,14-12+. The van der Waals surface area contributed by atoms with Crippen molar-refractivity contribution < 1.29 is 4.92 Å². The lowest BCUT2D eigenvalue weighted by Gasteiger charge is -2.19. The molecule has 1 aliphatic rings. The van der Waals surface area contributed by atoms with Gasteiger partial charge in [0, 0.05) is 25.7 Å². The third-order valence-corrected chi connectivity index (χ3v) is 3.42. The van der Waals surface area contributed by atoms with E-state index in [2.05, 4.69) is 4.90 Å². The van der Waals surface area contributed by atoms with E-state index in [-0.39, 0.29) is 10.6 Å². The Labute approximate surface area is 115 Å². The van der Waals surface area contributed by atoms with Crippen molar-refractivity contribution in [3.05, 3.63) is 33.7 Å². The van der Waals surface area contributed by atoms with Crippen LogP contribution >= 0.6 is 0 Å². The van der Waals surface area contributed by atoms with Gasteiger partial charge < -0.3 is 9.80 Å². The van der Waals surface area contributed by atoms with Crippen molar-refractivity contribution in [2.75, 3.05) is 33.2 Å². The highest BCUT2D eigenvalue weighted by Gasteiger charge is 2.15. The summed E-state index contributed by atoms with van der Waals surface area (Å²) < 4.78 is 0. The fourth-order valence-corrected chi connectivity index (χ4v) is 2.28. The van der Waals surface area contributed by atoms with Gasteiger partial charge in [0.2, 0.25) is 0 Å².